The molecule has 2 aliphatic rings. The monoisotopic (exact) mass is 598 g/mol. The molecule has 12 heteroatoms. The topological polar surface area (TPSA) is 136 Å². The summed E-state index contributed by atoms with van der Waals surface area (Å²) in [4.78, 5) is 17.6. The van der Waals surface area contributed by atoms with Crippen LogP contribution in [0.25, 0.3) is 0 Å². The number of unbranched alkanes of at least 4 members (excludes halogenated alkanes) is 6. The molecule has 0 saturated carbocycles. The van der Waals surface area contributed by atoms with Crippen LogP contribution in [0.4, 0.5) is 5.69 Å². The van der Waals surface area contributed by atoms with E-state index >= 15 is 0 Å². The average Bonchev–Trinajstić information content (AvgIpc) is 3.19. The molecule has 0 atom stereocenters. The van der Waals surface area contributed by atoms with Crippen LogP contribution < -0.4 is 9.62 Å². The molecule has 0 aliphatic carbocycles. The fourth-order valence-electron chi connectivity index (χ4n) is 5.49. The Bertz CT molecular complexity index is 1260. The van der Waals surface area contributed by atoms with Crippen molar-refractivity contribution in [1.29, 1.82) is 0 Å². The number of sulfonamides is 2. The number of amides is 1. The minimum Gasteiger partial charge on any atom is -0.394 e. The predicted octanol–water partition coefficient (Wildman–Crippen LogP) is 3.13. The van der Waals surface area contributed by atoms with E-state index in [9.17, 15) is 26.7 Å². The molecule has 1 aromatic carbocycles. The Balaban J connectivity index is 1.52. The predicted molar refractivity (Wildman–Crippen MR) is 160 cm³/mol. The van der Waals surface area contributed by atoms with Gasteiger partial charge in [0.15, 0.2) is 0 Å². The van der Waals surface area contributed by atoms with Crippen LogP contribution in [0.1, 0.15) is 82.3 Å². The van der Waals surface area contributed by atoms with Gasteiger partial charge in [-0.25, -0.2) is 21.1 Å². The van der Waals surface area contributed by atoms with Crippen LogP contribution in [0.5, 0.6) is 0 Å². The number of aliphatic hydroxyl groups excluding tert-OH is 1. The molecule has 0 unspecified atom stereocenters. The smallest absolute Gasteiger partial charge is 0.253 e. The summed E-state index contributed by atoms with van der Waals surface area (Å²) in [5.74, 6) is 0.552. The van der Waals surface area contributed by atoms with Gasteiger partial charge in [-0.2, -0.15) is 0 Å². The highest BCUT2D eigenvalue weighted by Crippen LogP contribution is 2.32. The zero-order valence-electron chi connectivity index (χ0n) is 24.2. The molecule has 226 valence electrons. The third-order valence-corrected chi connectivity index (χ3v) is 11.0. The zero-order chi connectivity index (χ0) is 29.4. The van der Waals surface area contributed by atoms with Crippen molar-refractivity contribution in [1.82, 2.24) is 9.62 Å². The molecular weight excluding hydrogens is 552 g/mol. The van der Waals surface area contributed by atoms with E-state index in [-0.39, 0.29) is 44.3 Å². The lowest BCUT2D eigenvalue weighted by molar-refractivity contribution is -0.124. The van der Waals surface area contributed by atoms with Gasteiger partial charge in [0, 0.05) is 19.5 Å². The summed E-state index contributed by atoms with van der Waals surface area (Å²) in [5.41, 5.74) is 1.17. The van der Waals surface area contributed by atoms with Crippen molar-refractivity contribution in [2.24, 2.45) is 4.99 Å². The third kappa shape index (κ3) is 8.50. The Hall–Kier alpha value is -2.02. The lowest BCUT2D eigenvalue weighted by Crippen LogP contribution is -2.50. The van der Waals surface area contributed by atoms with Crippen molar-refractivity contribution < 1.29 is 26.7 Å². The number of rotatable bonds is 16. The van der Waals surface area contributed by atoms with Gasteiger partial charge < -0.3 is 10.4 Å². The summed E-state index contributed by atoms with van der Waals surface area (Å²) in [6.07, 6.45) is 11.2. The van der Waals surface area contributed by atoms with Crippen molar-refractivity contribution in [3.8, 4) is 0 Å². The number of anilines is 1. The van der Waals surface area contributed by atoms with Gasteiger partial charge in [0.25, 0.3) is 5.91 Å². The summed E-state index contributed by atoms with van der Waals surface area (Å²) in [5, 5.41) is 12.2. The number of aliphatic imine (C=N–C) groups is 1. The molecule has 1 fully saturated rings. The van der Waals surface area contributed by atoms with Crippen LogP contribution in [0.2, 0.25) is 0 Å². The largest absolute Gasteiger partial charge is 0.394 e. The molecule has 40 heavy (non-hydrogen) atoms. The van der Waals surface area contributed by atoms with E-state index in [2.05, 4.69) is 12.2 Å². The van der Waals surface area contributed by atoms with E-state index in [0.717, 1.165) is 46.8 Å². The first-order chi connectivity index (χ1) is 18.9. The van der Waals surface area contributed by atoms with Crippen LogP contribution in [0, 0.1) is 6.92 Å². The fraction of sp³-hybridized carbons (Fsp3) is 0.714. The van der Waals surface area contributed by atoms with E-state index in [1.807, 2.05) is 6.92 Å². The Morgan fingerprint density at radius 2 is 1.68 bits per heavy atom. The molecule has 10 nitrogen and oxygen atoms in total. The van der Waals surface area contributed by atoms with Crippen molar-refractivity contribution in [2.45, 2.75) is 90.0 Å². The van der Waals surface area contributed by atoms with Crippen LogP contribution >= 0.6 is 0 Å². The van der Waals surface area contributed by atoms with Gasteiger partial charge in [-0.15, -0.1) is 0 Å². The second kappa shape index (κ2) is 14.2. The zero-order valence-corrected chi connectivity index (χ0v) is 25.8. The number of carbonyl (C=O) groups excluding carboxylic acids is 1. The molecule has 1 amide bonds. The highest BCUT2D eigenvalue weighted by Gasteiger charge is 2.47. The number of benzene rings is 1. The minimum absolute atomic E-state index is 0.0505. The van der Waals surface area contributed by atoms with Crippen LogP contribution in [0.3, 0.4) is 0 Å². The van der Waals surface area contributed by atoms with Crippen LogP contribution in [-0.4, -0.2) is 81.8 Å². The maximum atomic E-state index is 13.2. The van der Waals surface area contributed by atoms with Crippen molar-refractivity contribution in [3.05, 3.63) is 29.3 Å². The number of hydrogen-bond donors (Lipinski definition) is 2. The first-order valence-electron chi connectivity index (χ1n) is 14.5. The van der Waals surface area contributed by atoms with Crippen molar-refractivity contribution in [2.75, 3.05) is 42.6 Å². The summed E-state index contributed by atoms with van der Waals surface area (Å²) < 4.78 is 53.1. The molecular formula is C28H46N4O6S2. The number of aliphatic hydroxyl groups is 1. The van der Waals surface area contributed by atoms with Crippen molar-refractivity contribution >= 4 is 37.5 Å². The molecule has 0 radical (unpaired) electrons. The molecule has 0 bridgehead atoms. The number of aryl methyl sites for hydroxylation is 2. The number of nitrogens with one attached hydrogen (secondary N) is 1. The van der Waals surface area contributed by atoms with Gasteiger partial charge in [0.1, 0.15) is 11.4 Å². The first kappa shape index (κ1) is 32.5. The van der Waals surface area contributed by atoms with E-state index in [4.69, 9.17) is 4.99 Å². The summed E-state index contributed by atoms with van der Waals surface area (Å²) in [6.45, 7) is 4.18. The number of carbonyl (C=O) groups is 1. The van der Waals surface area contributed by atoms with Crippen LogP contribution in [0.15, 0.2) is 23.2 Å². The van der Waals surface area contributed by atoms with Gasteiger partial charge >= 0.3 is 0 Å². The van der Waals surface area contributed by atoms with Gasteiger partial charge in [-0.05, 0) is 55.9 Å². The molecule has 2 heterocycles. The van der Waals surface area contributed by atoms with Crippen molar-refractivity contribution in [3.63, 3.8) is 0 Å². The quantitative estimate of drug-likeness (QED) is 0.281. The second-order valence-electron chi connectivity index (χ2n) is 11.1. The SMILES string of the molecule is CCCCCCCCCC1=NC2(CCN(S(=O)(=O)CCc3ccc(N(CCO)S(C)(=O)=O)cc3C)CC2)C(=O)N1. The van der Waals surface area contributed by atoms with E-state index in [0.29, 0.717) is 18.5 Å². The lowest BCUT2D eigenvalue weighted by atomic mass is 9.89. The molecule has 3 rings (SSSR count). The van der Waals surface area contributed by atoms with Gasteiger partial charge in [0.2, 0.25) is 20.0 Å². The Morgan fingerprint density at radius 3 is 2.27 bits per heavy atom. The highest BCUT2D eigenvalue weighted by atomic mass is 32.2. The molecule has 1 spiro atoms. The lowest BCUT2D eigenvalue weighted by Gasteiger charge is -2.34. The summed E-state index contributed by atoms with van der Waals surface area (Å²) in [6, 6.07) is 5.08. The number of hydrogen-bond acceptors (Lipinski definition) is 7. The summed E-state index contributed by atoms with van der Waals surface area (Å²) >= 11 is 0. The Morgan fingerprint density at radius 1 is 1.02 bits per heavy atom. The van der Waals surface area contributed by atoms with E-state index in [1.54, 1.807) is 18.2 Å². The average molecular weight is 599 g/mol. The normalized spacial score (nSPS) is 17.7. The van der Waals surface area contributed by atoms with Gasteiger partial charge in [-0.3, -0.25) is 14.1 Å². The maximum Gasteiger partial charge on any atom is 0.253 e. The molecule has 2 N–H and O–H groups in total. The molecule has 2 aliphatic heterocycles. The first-order valence-corrected chi connectivity index (χ1v) is 17.9. The minimum atomic E-state index is -3.55. The van der Waals surface area contributed by atoms with E-state index < -0.39 is 25.6 Å². The molecule has 1 saturated heterocycles. The molecule has 1 aromatic rings. The molecule has 0 aromatic heterocycles. The maximum absolute atomic E-state index is 13.2. The second-order valence-corrected chi connectivity index (χ2v) is 15.0. The van der Waals surface area contributed by atoms with Gasteiger partial charge in [-0.1, -0.05) is 51.5 Å². The number of nitrogens with zero attached hydrogens (tertiary/aromatic N) is 3. The number of piperidine rings is 1. The Kier molecular flexibility index (Phi) is 11.6. The number of amidine groups is 1. The third-order valence-electron chi connectivity index (χ3n) is 7.94. The standard InChI is InChI=1S/C28H46N4O6S2/c1-4-5-6-7-8-9-10-11-26-29-27(34)28(30-26)15-17-31(18-16-28)40(37,38)21-14-24-12-13-25(22-23(24)2)32(19-20-33)39(3,35)36/h12-13,22,33H,4-11,14-21H2,1-3H3,(H,29,30,34). The van der Waals surface area contributed by atoms with Crippen LogP contribution in [-0.2, 0) is 31.3 Å². The fourth-order valence-corrected chi connectivity index (χ4v) is 7.87. The van der Waals surface area contributed by atoms with Gasteiger partial charge in [0.05, 0.1) is 30.8 Å². The summed E-state index contributed by atoms with van der Waals surface area (Å²) in [7, 11) is -7.10. The van der Waals surface area contributed by atoms with E-state index in [1.165, 1.54) is 36.4 Å². The Labute approximate surface area is 240 Å². The highest BCUT2D eigenvalue weighted by molar-refractivity contribution is 7.92.